The molecule has 0 radical (unpaired) electrons. The van der Waals surface area contributed by atoms with Crippen molar-refractivity contribution in [2.75, 3.05) is 13.2 Å². The van der Waals surface area contributed by atoms with E-state index in [9.17, 15) is 0 Å². The summed E-state index contributed by atoms with van der Waals surface area (Å²) in [7, 11) is 0. The molecule has 0 aliphatic carbocycles. The quantitative estimate of drug-likeness (QED) is 0.932. The van der Waals surface area contributed by atoms with Crippen LogP contribution in [-0.4, -0.2) is 25.3 Å². The van der Waals surface area contributed by atoms with Crippen LogP contribution in [0.1, 0.15) is 30.4 Å². The van der Waals surface area contributed by atoms with Gasteiger partial charge in [0.05, 0.1) is 6.61 Å². The molecule has 4 rings (SSSR count). The van der Waals surface area contributed by atoms with Crippen LogP contribution in [0.3, 0.4) is 0 Å². The minimum Gasteiger partial charge on any atom is -0.343 e. The van der Waals surface area contributed by atoms with Crippen LogP contribution in [0.2, 0.25) is 0 Å². The highest BCUT2D eigenvalue weighted by Crippen LogP contribution is 2.39. The lowest BCUT2D eigenvalue weighted by Crippen LogP contribution is -2.45. The predicted octanol–water partition coefficient (Wildman–Crippen LogP) is 3.64. The highest BCUT2D eigenvalue weighted by molar-refractivity contribution is 5.26. The summed E-state index contributed by atoms with van der Waals surface area (Å²) < 4.78 is 12.9. The Morgan fingerprint density at radius 1 is 0.958 bits per heavy atom. The third-order valence-corrected chi connectivity index (χ3v) is 5.11. The lowest BCUT2D eigenvalue weighted by Gasteiger charge is -2.32. The van der Waals surface area contributed by atoms with E-state index >= 15 is 0 Å². The predicted molar refractivity (Wildman–Crippen MR) is 94.7 cm³/mol. The summed E-state index contributed by atoms with van der Waals surface area (Å²) in [6, 6.07) is 21.2. The van der Waals surface area contributed by atoms with Gasteiger partial charge >= 0.3 is 0 Å². The van der Waals surface area contributed by atoms with Gasteiger partial charge in [0.2, 0.25) is 0 Å². The Hall–Kier alpha value is -1.68. The van der Waals surface area contributed by atoms with E-state index in [4.69, 9.17) is 9.47 Å². The van der Waals surface area contributed by atoms with E-state index in [1.807, 2.05) is 12.1 Å². The van der Waals surface area contributed by atoms with Crippen LogP contribution in [0.25, 0.3) is 0 Å². The Balaban J connectivity index is 1.60. The molecule has 0 saturated carbocycles. The van der Waals surface area contributed by atoms with Gasteiger partial charge in [-0.25, -0.2) is 0 Å². The third-order valence-electron chi connectivity index (χ3n) is 5.11. The molecule has 3 heteroatoms. The number of hydrogen-bond acceptors (Lipinski definition) is 3. The molecule has 24 heavy (non-hydrogen) atoms. The molecular weight excluding hydrogens is 298 g/mol. The van der Waals surface area contributed by atoms with Crippen molar-refractivity contribution >= 4 is 0 Å². The molecule has 3 atom stereocenters. The summed E-state index contributed by atoms with van der Waals surface area (Å²) in [4.78, 5) is 0. The molecule has 2 saturated heterocycles. The van der Waals surface area contributed by atoms with Crippen molar-refractivity contribution in [2.24, 2.45) is 0 Å². The van der Waals surface area contributed by atoms with Gasteiger partial charge in [-0.3, -0.25) is 0 Å². The Labute approximate surface area is 144 Å². The Morgan fingerprint density at radius 3 is 2.42 bits per heavy atom. The van der Waals surface area contributed by atoms with E-state index in [0.717, 1.165) is 18.5 Å². The van der Waals surface area contributed by atoms with Crippen molar-refractivity contribution in [1.29, 1.82) is 0 Å². The largest absolute Gasteiger partial charge is 0.343 e. The van der Waals surface area contributed by atoms with Crippen LogP contribution in [0.4, 0.5) is 0 Å². The van der Waals surface area contributed by atoms with Gasteiger partial charge < -0.3 is 14.8 Å². The van der Waals surface area contributed by atoms with Crippen molar-refractivity contribution < 1.29 is 9.47 Å². The molecule has 0 spiro atoms. The van der Waals surface area contributed by atoms with Gasteiger partial charge in [-0.1, -0.05) is 67.1 Å². The normalized spacial score (nSPS) is 30.3. The van der Waals surface area contributed by atoms with E-state index in [1.54, 1.807) is 0 Å². The first-order valence-corrected chi connectivity index (χ1v) is 9.00. The molecule has 0 aromatic heterocycles. The standard InChI is InChI=1S/C21H25NO2/c1-3-9-17(10-4-1)15-21(18-11-5-2-6-12-18)23-16-20(24-21)19-13-7-8-14-22-19/h1-6,9-12,19-20,22H,7-8,13-16H2. The maximum absolute atomic E-state index is 6.59. The third kappa shape index (κ3) is 3.25. The van der Waals surface area contributed by atoms with Crippen LogP contribution < -0.4 is 5.32 Å². The van der Waals surface area contributed by atoms with Crippen LogP contribution in [-0.2, 0) is 21.7 Å². The average molecular weight is 323 g/mol. The summed E-state index contributed by atoms with van der Waals surface area (Å²) in [5.74, 6) is -0.674. The van der Waals surface area contributed by atoms with Crippen molar-refractivity contribution in [3.8, 4) is 0 Å². The first-order valence-electron chi connectivity index (χ1n) is 9.00. The second-order valence-electron chi connectivity index (χ2n) is 6.81. The van der Waals surface area contributed by atoms with E-state index in [1.165, 1.54) is 24.8 Å². The minimum atomic E-state index is -0.674. The Bertz CT molecular complexity index is 639. The molecule has 2 fully saturated rings. The Kier molecular flexibility index (Phi) is 4.65. The second kappa shape index (κ2) is 7.06. The average Bonchev–Trinajstić information content (AvgIpc) is 3.09. The molecule has 3 nitrogen and oxygen atoms in total. The van der Waals surface area contributed by atoms with Crippen LogP contribution in [0.5, 0.6) is 0 Å². The molecule has 0 bridgehead atoms. The first kappa shape index (κ1) is 15.8. The molecule has 2 heterocycles. The summed E-state index contributed by atoms with van der Waals surface area (Å²) >= 11 is 0. The maximum atomic E-state index is 6.59. The molecule has 0 amide bonds. The van der Waals surface area contributed by atoms with E-state index < -0.39 is 5.79 Å². The van der Waals surface area contributed by atoms with Crippen LogP contribution in [0.15, 0.2) is 60.7 Å². The topological polar surface area (TPSA) is 30.5 Å². The molecule has 1 N–H and O–H groups in total. The van der Waals surface area contributed by atoms with Gasteiger partial charge in [0.15, 0.2) is 5.79 Å². The van der Waals surface area contributed by atoms with Crippen molar-refractivity contribution in [2.45, 2.75) is 43.6 Å². The van der Waals surface area contributed by atoms with Crippen LogP contribution >= 0.6 is 0 Å². The molecule has 2 aromatic rings. The van der Waals surface area contributed by atoms with Gasteiger partial charge in [0, 0.05) is 18.0 Å². The molecule has 2 aliphatic rings. The molecule has 2 aliphatic heterocycles. The van der Waals surface area contributed by atoms with Gasteiger partial charge in [0.25, 0.3) is 0 Å². The number of rotatable bonds is 4. The van der Waals surface area contributed by atoms with Crippen molar-refractivity contribution in [3.05, 3.63) is 71.8 Å². The molecular formula is C21H25NO2. The summed E-state index contributed by atoms with van der Waals surface area (Å²) in [5, 5.41) is 3.61. The van der Waals surface area contributed by atoms with E-state index in [0.29, 0.717) is 12.6 Å². The highest BCUT2D eigenvalue weighted by atomic mass is 16.7. The smallest absolute Gasteiger partial charge is 0.199 e. The number of piperidine rings is 1. The molecule has 2 aromatic carbocycles. The SMILES string of the molecule is c1ccc(CC2(c3ccccc3)OCC(C3CCCCN3)O2)cc1. The fraction of sp³-hybridized carbons (Fsp3) is 0.429. The zero-order chi connectivity index (χ0) is 16.2. The zero-order valence-electron chi connectivity index (χ0n) is 14.0. The summed E-state index contributed by atoms with van der Waals surface area (Å²) in [5.41, 5.74) is 2.34. The van der Waals surface area contributed by atoms with E-state index in [2.05, 4.69) is 53.8 Å². The van der Waals surface area contributed by atoms with Gasteiger partial charge in [-0.05, 0) is 24.9 Å². The maximum Gasteiger partial charge on any atom is 0.199 e. The number of nitrogens with one attached hydrogen (secondary N) is 1. The summed E-state index contributed by atoms with van der Waals surface area (Å²) in [6.45, 7) is 1.74. The molecule has 3 unspecified atom stereocenters. The molecule has 126 valence electrons. The van der Waals surface area contributed by atoms with Crippen molar-refractivity contribution in [3.63, 3.8) is 0 Å². The Morgan fingerprint density at radius 2 is 1.71 bits per heavy atom. The number of ether oxygens (including phenoxy) is 2. The van der Waals surface area contributed by atoms with E-state index in [-0.39, 0.29) is 6.10 Å². The number of hydrogen-bond donors (Lipinski definition) is 1. The van der Waals surface area contributed by atoms with Crippen molar-refractivity contribution in [1.82, 2.24) is 5.32 Å². The number of benzene rings is 2. The lowest BCUT2D eigenvalue weighted by molar-refractivity contribution is -0.179. The fourth-order valence-electron chi connectivity index (χ4n) is 3.83. The summed E-state index contributed by atoms with van der Waals surface area (Å²) in [6.07, 6.45) is 4.56. The van der Waals surface area contributed by atoms with Gasteiger partial charge in [-0.15, -0.1) is 0 Å². The lowest BCUT2D eigenvalue weighted by atomic mass is 9.97. The second-order valence-corrected chi connectivity index (χ2v) is 6.81. The van der Waals surface area contributed by atoms with Gasteiger partial charge in [0.1, 0.15) is 6.10 Å². The monoisotopic (exact) mass is 323 g/mol. The van der Waals surface area contributed by atoms with Gasteiger partial charge in [-0.2, -0.15) is 0 Å². The minimum absolute atomic E-state index is 0.120. The van der Waals surface area contributed by atoms with Crippen LogP contribution in [0, 0.1) is 0 Å². The zero-order valence-corrected chi connectivity index (χ0v) is 14.0. The highest BCUT2D eigenvalue weighted by Gasteiger charge is 2.45. The first-order chi connectivity index (χ1) is 11.9. The fourth-order valence-corrected chi connectivity index (χ4v) is 3.83.